The van der Waals surface area contributed by atoms with E-state index in [0.717, 1.165) is 0 Å². The molecule has 0 aromatic heterocycles. The standard InChI is InChI=1S/3CHF3O3S.Fe/c3*2-1(3,4)8(5,6)7;/h3*(H,5,6,7);/q;;;+3/p-3. The summed E-state index contributed by atoms with van der Waals surface area (Å²) >= 11 is 0. The van der Waals surface area contributed by atoms with Gasteiger partial charge in [-0.05, 0) is 0 Å². The van der Waals surface area contributed by atoms with E-state index >= 15 is 0 Å². The van der Waals surface area contributed by atoms with Crippen LogP contribution >= 0.6 is 0 Å². The zero-order valence-electron chi connectivity index (χ0n) is 10.2. The maximum absolute atomic E-state index is 10.7. The van der Waals surface area contributed by atoms with Crippen molar-refractivity contribution in [2.24, 2.45) is 0 Å². The molecule has 9 nitrogen and oxygen atoms in total. The number of hydrogen-bond donors (Lipinski definition) is 0. The number of hydrogen-bond acceptors (Lipinski definition) is 9. The van der Waals surface area contributed by atoms with E-state index in [9.17, 15) is 39.5 Å². The summed E-state index contributed by atoms with van der Waals surface area (Å²) in [6.45, 7) is 0. The molecular formula is C3F9FeO9S3. The molecular weight excluding hydrogens is 503 g/mol. The Morgan fingerprint density at radius 2 is 0.480 bits per heavy atom. The smallest absolute Gasteiger partial charge is 0.741 e. The summed E-state index contributed by atoms with van der Waals surface area (Å²) in [5.41, 5.74) is -16.9. The predicted molar refractivity (Wildman–Crippen MR) is 47.3 cm³/mol. The van der Waals surface area contributed by atoms with Gasteiger partial charge in [0.15, 0.2) is 30.4 Å². The molecule has 0 spiro atoms. The van der Waals surface area contributed by atoms with E-state index < -0.39 is 46.9 Å². The number of halogens is 9. The summed E-state index contributed by atoms with van der Waals surface area (Å²) < 4.78 is 177. The Hall–Kier alpha value is -0.381. The molecule has 155 valence electrons. The molecule has 0 saturated heterocycles. The predicted octanol–water partition coefficient (Wildman–Crippen LogP) is 0.152. The molecule has 0 aromatic rings. The Bertz CT molecular complexity index is 596. The van der Waals surface area contributed by atoms with Gasteiger partial charge in [-0.15, -0.1) is 0 Å². The van der Waals surface area contributed by atoms with Crippen LogP contribution in [0.5, 0.6) is 0 Å². The second kappa shape index (κ2) is 9.52. The molecule has 0 atom stereocenters. The van der Waals surface area contributed by atoms with Crippen molar-refractivity contribution in [1.29, 1.82) is 0 Å². The van der Waals surface area contributed by atoms with Gasteiger partial charge in [0.2, 0.25) is 0 Å². The Balaban J connectivity index is -0.000000130. The Labute approximate surface area is 142 Å². The largest absolute Gasteiger partial charge is 3.00 e. The summed E-state index contributed by atoms with van der Waals surface area (Å²) in [4.78, 5) is 0. The van der Waals surface area contributed by atoms with Crippen molar-refractivity contribution in [2.75, 3.05) is 0 Å². The molecule has 0 N–H and O–H groups in total. The van der Waals surface area contributed by atoms with Crippen molar-refractivity contribution in [3.05, 3.63) is 0 Å². The first kappa shape index (κ1) is 32.3. The number of alkyl halides is 9. The molecule has 0 saturated carbocycles. The quantitative estimate of drug-likeness (QED) is 0.193. The van der Waals surface area contributed by atoms with Crippen LogP contribution < -0.4 is 0 Å². The zero-order chi connectivity index (χ0) is 21.0. The van der Waals surface area contributed by atoms with Gasteiger partial charge in [0, 0.05) is 0 Å². The molecule has 0 fully saturated rings. The normalized spacial score (nSPS) is 13.4. The van der Waals surface area contributed by atoms with Crippen LogP contribution in [-0.4, -0.2) is 55.4 Å². The third-order valence-corrected chi connectivity index (χ3v) is 2.55. The molecule has 0 bridgehead atoms. The van der Waals surface area contributed by atoms with Gasteiger partial charge < -0.3 is 13.7 Å². The fourth-order valence-corrected chi connectivity index (χ4v) is 0. The monoisotopic (exact) mass is 503 g/mol. The molecule has 0 rings (SSSR count). The zero-order valence-corrected chi connectivity index (χ0v) is 13.7. The van der Waals surface area contributed by atoms with Crippen LogP contribution in [0.3, 0.4) is 0 Å². The topological polar surface area (TPSA) is 172 Å². The summed E-state index contributed by atoms with van der Waals surface area (Å²) in [6, 6.07) is 0. The first-order chi connectivity index (χ1) is 9.75. The Kier molecular flexibility index (Phi) is 12.3. The number of rotatable bonds is 0. The Morgan fingerprint density at radius 3 is 0.480 bits per heavy atom. The van der Waals surface area contributed by atoms with Crippen LogP contribution in [0, 0.1) is 0 Å². The molecule has 0 aromatic carbocycles. The molecule has 0 aliphatic heterocycles. The minimum absolute atomic E-state index is 0. The first-order valence-corrected chi connectivity index (χ1v) is 8.04. The van der Waals surface area contributed by atoms with Crippen LogP contribution in [-0.2, 0) is 47.4 Å². The summed E-state index contributed by atoms with van der Waals surface area (Å²) in [5, 5.41) is 0. The Morgan fingerprint density at radius 1 is 0.440 bits per heavy atom. The molecule has 25 heavy (non-hydrogen) atoms. The average Bonchev–Trinajstić information content (AvgIpc) is 2.08. The van der Waals surface area contributed by atoms with Gasteiger partial charge in [0.05, 0.1) is 0 Å². The van der Waals surface area contributed by atoms with E-state index in [4.69, 9.17) is 38.9 Å². The van der Waals surface area contributed by atoms with Crippen LogP contribution in [0.2, 0.25) is 0 Å². The molecule has 0 unspecified atom stereocenters. The van der Waals surface area contributed by atoms with Crippen molar-refractivity contribution in [1.82, 2.24) is 0 Å². The van der Waals surface area contributed by atoms with E-state index in [2.05, 4.69) is 0 Å². The van der Waals surface area contributed by atoms with E-state index in [-0.39, 0.29) is 17.1 Å². The second-order valence-corrected chi connectivity index (χ2v) is 6.81. The molecule has 0 aliphatic rings. The summed E-state index contributed by atoms with van der Waals surface area (Å²) in [7, 11) is -18.3. The second-order valence-electron chi connectivity index (χ2n) is 2.70. The first-order valence-electron chi connectivity index (χ1n) is 3.81. The van der Waals surface area contributed by atoms with Gasteiger partial charge in [-0.1, -0.05) is 0 Å². The van der Waals surface area contributed by atoms with Gasteiger partial charge in [-0.2, -0.15) is 39.5 Å². The van der Waals surface area contributed by atoms with Gasteiger partial charge in [0.1, 0.15) is 0 Å². The minimum atomic E-state index is -6.09. The fourth-order valence-electron chi connectivity index (χ4n) is 0. The van der Waals surface area contributed by atoms with Gasteiger partial charge in [-0.25, -0.2) is 25.3 Å². The fraction of sp³-hybridized carbons (Fsp3) is 1.00. The molecule has 22 heteroatoms. The maximum Gasteiger partial charge on any atom is 3.00 e. The van der Waals surface area contributed by atoms with Crippen molar-refractivity contribution in [2.45, 2.75) is 16.5 Å². The average molecular weight is 503 g/mol. The van der Waals surface area contributed by atoms with E-state index in [1.165, 1.54) is 0 Å². The van der Waals surface area contributed by atoms with E-state index in [1.807, 2.05) is 0 Å². The maximum atomic E-state index is 10.7. The summed E-state index contributed by atoms with van der Waals surface area (Å²) in [6.07, 6.45) is 0. The summed E-state index contributed by atoms with van der Waals surface area (Å²) in [5.74, 6) is 0. The SMILES string of the molecule is O=S(=O)([O-])C(F)(F)F.O=S(=O)([O-])C(F)(F)F.O=S(=O)([O-])C(F)(F)F.[Fe+3]. The minimum Gasteiger partial charge on any atom is -0.741 e. The van der Waals surface area contributed by atoms with E-state index in [1.54, 1.807) is 0 Å². The van der Waals surface area contributed by atoms with E-state index in [0.29, 0.717) is 0 Å². The van der Waals surface area contributed by atoms with Crippen LogP contribution in [0.4, 0.5) is 39.5 Å². The molecule has 0 heterocycles. The van der Waals surface area contributed by atoms with Crippen LogP contribution in [0.25, 0.3) is 0 Å². The third kappa shape index (κ3) is 15.6. The molecule has 0 amide bonds. The molecule has 0 aliphatic carbocycles. The molecule has 1 radical (unpaired) electrons. The van der Waals surface area contributed by atoms with Crippen LogP contribution in [0.15, 0.2) is 0 Å². The third-order valence-electron chi connectivity index (χ3n) is 0.850. The van der Waals surface area contributed by atoms with Crippen molar-refractivity contribution >= 4 is 30.4 Å². The van der Waals surface area contributed by atoms with Gasteiger partial charge in [-0.3, -0.25) is 0 Å². The van der Waals surface area contributed by atoms with Crippen LogP contribution in [0.1, 0.15) is 0 Å². The van der Waals surface area contributed by atoms with Crippen molar-refractivity contribution in [3.8, 4) is 0 Å². The van der Waals surface area contributed by atoms with Gasteiger partial charge in [0.25, 0.3) is 0 Å². The van der Waals surface area contributed by atoms with Crippen molar-refractivity contribution < 1.29 is 95.5 Å². The van der Waals surface area contributed by atoms with Gasteiger partial charge >= 0.3 is 33.6 Å². The van der Waals surface area contributed by atoms with Crippen molar-refractivity contribution in [3.63, 3.8) is 0 Å².